The van der Waals surface area contributed by atoms with Crippen LogP contribution in [0, 0.1) is 0 Å². The molecule has 4 nitrogen and oxygen atoms in total. The maximum Gasteiger partial charge on any atom is 0.147 e. The molecule has 0 unspecified atom stereocenters. The number of hydrogen-bond donors (Lipinski definition) is 0. The summed E-state index contributed by atoms with van der Waals surface area (Å²) in [5, 5.41) is 0. The average Bonchev–Trinajstić information content (AvgIpc) is 2.47. The molecule has 100 valence electrons. The molecule has 0 radical (unpaired) electrons. The summed E-state index contributed by atoms with van der Waals surface area (Å²) in [6.07, 6.45) is 3.41. The summed E-state index contributed by atoms with van der Waals surface area (Å²) >= 11 is 5.77. The molecule has 1 heterocycles. The fourth-order valence-corrected chi connectivity index (χ4v) is 1.90. The van der Waals surface area contributed by atoms with Crippen LogP contribution in [0.3, 0.4) is 0 Å². The first kappa shape index (κ1) is 13.6. The average molecular weight is 278 g/mol. The minimum atomic E-state index is 0.369. The van der Waals surface area contributed by atoms with Gasteiger partial charge in [0.15, 0.2) is 0 Å². The van der Waals surface area contributed by atoms with Crippen LogP contribution in [0.5, 0.6) is 5.75 Å². The standard InChI is InChI=1S/C14H16ClN3O/c1-18(14-9-16-8-12(7-15)17-14)10-11-4-3-5-13(6-11)19-2/h3-6,8-9H,7,10H2,1-2H3. The second kappa shape index (κ2) is 6.38. The van der Waals surface area contributed by atoms with E-state index in [1.807, 2.05) is 30.1 Å². The molecule has 0 spiro atoms. The minimum absolute atomic E-state index is 0.369. The lowest BCUT2D eigenvalue weighted by Gasteiger charge is -2.18. The molecule has 0 amide bonds. The summed E-state index contributed by atoms with van der Waals surface area (Å²) in [4.78, 5) is 10.6. The Balaban J connectivity index is 2.13. The molecule has 0 atom stereocenters. The zero-order chi connectivity index (χ0) is 13.7. The van der Waals surface area contributed by atoms with Gasteiger partial charge >= 0.3 is 0 Å². The van der Waals surface area contributed by atoms with Gasteiger partial charge in [-0.3, -0.25) is 4.98 Å². The first-order valence-corrected chi connectivity index (χ1v) is 6.47. The Morgan fingerprint density at radius 2 is 2.16 bits per heavy atom. The first-order valence-electron chi connectivity index (χ1n) is 5.94. The molecule has 0 saturated carbocycles. The fourth-order valence-electron chi connectivity index (χ4n) is 1.77. The van der Waals surface area contributed by atoms with Crippen LogP contribution in [0.2, 0.25) is 0 Å². The lowest BCUT2D eigenvalue weighted by atomic mass is 10.2. The molecule has 0 aliphatic heterocycles. The molecule has 19 heavy (non-hydrogen) atoms. The van der Waals surface area contributed by atoms with Crippen LogP contribution in [0.15, 0.2) is 36.7 Å². The Bertz CT molecular complexity index is 548. The van der Waals surface area contributed by atoms with Crippen LogP contribution in [0.25, 0.3) is 0 Å². The molecule has 0 saturated heterocycles. The number of halogens is 1. The van der Waals surface area contributed by atoms with Crippen molar-refractivity contribution in [3.8, 4) is 5.75 Å². The van der Waals surface area contributed by atoms with Crippen LogP contribution >= 0.6 is 11.6 Å². The number of anilines is 1. The molecule has 0 N–H and O–H groups in total. The van der Waals surface area contributed by atoms with Crippen molar-refractivity contribution in [2.24, 2.45) is 0 Å². The van der Waals surface area contributed by atoms with Crippen molar-refractivity contribution >= 4 is 17.4 Å². The zero-order valence-electron chi connectivity index (χ0n) is 11.0. The van der Waals surface area contributed by atoms with Gasteiger partial charge in [-0.2, -0.15) is 0 Å². The highest BCUT2D eigenvalue weighted by Gasteiger charge is 2.06. The van der Waals surface area contributed by atoms with Gasteiger partial charge in [-0.25, -0.2) is 4.98 Å². The molecule has 2 aromatic rings. The number of aromatic nitrogens is 2. The Hall–Kier alpha value is -1.81. The van der Waals surface area contributed by atoms with E-state index in [1.165, 1.54) is 0 Å². The number of rotatable bonds is 5. The SMILES string of the molecule is COc1cccc(CN(C)c2cncc(CCl)n2)c1. The van der Waals surface area contributed by atoms with Crippen molar-refractivity contribution in [3.63, 3.8) is 0 Å². The second-order valence-electron chi connectivity index (χ2n) is 4.21. The maximum atomic E-state index is 5.77. The third-order valence-electron chi connectivity index (χ3n) is 2.75. The van der Waals surface area contributed by atoms with E-state index in [1.54, 1.807) is 19.5 Å². The number of ether oxygens (including phenoxy) is 1. The highest BCUT2D eigenvalue weighted by molar-refractivity contribution is 6.16. The van der Waals surface area contributed by atoms with Crippen LogP contribution < -0.4 is 9.64 Å². The van der Waals surface area contributed by atoms with Gasteiger partial charge in [-0.1, -0.05) is 12.1 Å². The molecular formula is C14H16ClN3O. The highest BCUT2D eigenvalue weighted by atomic mass is 35.5. The van der Waals surface area contributed by atoms with Crippen molar-refractivity contribution in [2.75, 3.05) is 19.1 Å². The smallest absolute Gasteiger partial charge is 0.147 e. The van der Waals surface area contributed by atoms with E-state index < -0.39 is 0 Å². The maximum absolute atomic E-state index is 5.77. The second-order valence-corrected chi connectivity index (χ2v) is 4.48. The monoisotopic (exact) mass is 277 g/mol. The Morgan fingerprint density at radius 3 is 2.89 bits per heavy atom. The van der Waals surface area contributed by atoms with Crippen molar-refractivity contribution in [1.29, 1.82) is 0 Å². The molecule has 1 aromatic heterocycles. The van der Waals surface area contributed by atoms with Crippen LogP contribution in [0.4, 0.5) is 5.82 Å². The van der Waals surface area contributed by atoms with Gasteiger partial charge < -0.3 is 9.64 Å². The summed E-state index contributed by atoms with van der Waals surface area (Å²) < 4.78 is 5.21. The summed E-state index contributed by atoms with van der Waals surface area (Å²) in [5.74, 6) is 2.03. The zero-order valence-corrected chi connectivity index (χ0v) is 11.8. The van der Waals surface area contributed by atoms with Crippen molar-refractivity contribution < 1.29 is 4.74 Å². The normalized spacial score (nSPS) is 10.3. The lowest BCUT2D eigenvalue weighted by molar-refractivity contribution is 0.414. The number of hydrogen-bond acceptors (Lipinski definition) is 4. The Labute approximate surface area is 118 Å². The molecule has 5 heteroatoms. The summed E-state index contributed by atoms with van der Waals surface area (Å²) in [6.45, 7) is 0.734. The van der Waals surface area contributed by atoms with Gasteiger partial charge in [0.1, 0.15) is 11.6 Å². The molecule has 2 rings (SSSR count). The van der Waals surface area contributed by atoms with E-state index in [4.69, 9.17) is 16.3 Å². The molecule has 1 aromatic carbocycles. The van der Waals surface area contributed by atoms with Gasteiger partial charge in [0.2, 0.25) is 0 Å². The predicted molar refractivity (Wildman–Crippen MR) is 76.7 cm³/mol. The van der Waals surface area contributed by atoms with Gasteiger partial charge in [-0.15, -0.1) is 11.6 Å². The predicted octanol–water partition coefficient (Wildman–Crippen LogP) is 2.86. The topological polar surface area (TPSA) is 38.2 Å². The van der Waals surface area contributed by atoms with Crippen molar-refractivity contribution in [1.82, 2.24) is 9.97 Å². The number of benzene rings is 1. The van der Waals surface area contributed by atoms with Gasteiger partial charge in [0.05, 0.1) is 24.9 Å². The molecule has 0 aliphatic rings. The van der Waals surface area contributed by atoms with Gasteiger partial charge in [0, 0.05) is 19.8 Å². The summed E-state index contributed by atoms with van der Waals surface area (Å²) in [7, 11) is 3.64. The van der Waals surface area contributed by atoms with Crippen LogP contribution in [0.1, 0.15) is 11.3 Å². The summed E-state index contributed by atoms with van der Waals surface area (Å²) in [6, 6.07) is 7.97. The largest absolute Gasteiger partial charge is 0.497 e. The molecular weight excluding hydrogens is 262 g/mol. The fraction of sp³-hybridized carbons (Fsp3) is 0.286. The van der Waals surface area contributed by atoms with Crippen LogP contribution in [-0.2, 0) is 12.4 Å². The van der Waals surface area contributed by atoms with Crippen molar-refractivity contribution in [3.05, 3.63) is 47.9 Å². The van der Waals surface area contributed by atoms with E-state index in [0.29, 0.717) is 5.88 Å². The van der Waals surface area contributed by atoms with Crippen LogP contribution in [-0.4, -0.2) is 24.1 Å². The third kappa shape index (κ3) is 3.58. The van der Waals surface area contributed by atoms with E-state index in [-0.39, 0.29) is 0 Å². The van der Waals surface area contributed by atoms with Crippen molar-refractivity contribution in [2.45, 2.75) is 12.4 Å². The van der Waals surface area contributed by atoms with E-state index >= 15 is 0 Å². The number of methoxy groups -OCH3 is 1. The van der Waals surface area contributed by atoms with Gasteiger partial charge in [0.25, 0.3) is 0 Å². The quantitative estimate of drug-likeness (QED) is 0.788. The number of nitrogens with zero attached hydrogens (tertiary/aromatic N) is 3. The Kier molecular flexibility index (Phi) is 4.58. The lowest BCUT2D eigenvalue weighted by Crippen LogP contribution is -2.18. The van der Waals surface area contributed by atoms with E-state index in [9.17, 15) is 0 Å². The summed E-state index contributed by atoms with van der Waals surface area (Å²) in [5.41, 5.74) is 1.93. The molecule has 0 bridgehead atoms. The van der Waals surface area contributed by atoms with E-state index in [0.717, 1.165) is 29.4 Å². The number of alkyl halides is 1. The third-order valence-corrected chi connectivity index (χ3v) is 3.03. The molecule has 0 aliphatic carbocycles. The minimum Gasteiger partial charge on any atom is -0.497 e. The highest BCUT2D eigenvalue weighted by Crippen LogP contribution is 2.17. The molecule has 0 fully saturated rings. The first-order chi connectivity index (χ1) is 9.22. The Morgan fingerprint density at radius 1 is 1.32 bits per heavy atom. The van der Waals surface area contributed by atoms with E-state index in [2.05, 4.69) is 16.0 Å². The van der Waals surface area contributed by atoms with Gasteiger partial charge in [-0.05, 0) is 17.7 Å².